The number of hydrogen-bond donors (Lipinski definition) is 9. The molecule has 0 radical (unpaired) electrons. The first-order chi connectivity index (χ1) is 22.3. The van der Waals surface area contributed by atoms with Gasteiger partial charge in [0.05, 0.1) is 24.6 Å². The first kappa shape index (κ1) is 35.4. The Labute approximate surface area is 272 Å². The van der Waals surface area contributed by atoms with Crippen molar-refractivity contribution in [3.8, 4) is 23.3 Å². The van der Waals surface area contributed by atoms with Crippen LogP contribution in [0.5, 0.6) is 11.5 Å². The summed E-state index contributed by atoms with van der Waals surface area (Å²) in [4.78, 5) is 3.23. The van der Waals surface area contributed by atoms with Crippen molar-refractivity contribution in [2.45, 2.75) is 88.6 Å². The lowest BCUT2D eigenvalue weighted by Gasteiger charge is -2.29. The molecule has 252 valence electrons. The molecule has 7 atom stereocenters. The largest absolute Gasteiger partial charge is 0.504 e. The van der Waals surface area contributed by atoms with E-state index in [1.807, 2.05) is 30.5 Å². The van der Waals surface area contributed by atoms with Gasteiger partial charge in [0.15, 0.2) is 11.5 Å². The van der Waals surface area contributed by atoms with E-state index in [-0.39, 0.29) is 35.9 Å². The number of allylic oxidation sites excluding steroid dienone is 2. The molecule has 10 N–H and O–H groups in total. The average Bonchev–Trinajstić information content (AvgIpc) is 3.57. The summed E-state index contributed by atoms with van der Waals surface area (Å²) in [6, 6.07) is 8.90. The summed E-state index contributed by atoms with van der Waals surface area (Å²) in [6.45, 7) is 0.164. The number of nitrogens with one attached hydrogen (secondary N) is 2. The lowest BCUT2D eigenvalue weighted by atomic mass is 9.85. The maximum atomic E-state index is 11.1. The molecule has 10 heteroatoms. The van der Waals surface area contributed by atoms with E-state index in [4.69, 9.17) is 10.5 Å². The Morgan fingerprint density at radius 1 is 1.11 bits per heavy atom. The number of aromatic amines is 1. The molecule has 2 aliphatic rings. The quantitative estimate of drug-likeness (QED) is 0.133. The minimum absolute atomic E-state index is 0.0963. The van der Waals surface area contributed by atoms with E-state index in [2.05, 4.69) is 22.1 Å². The number of aliphatic hydroxyl groups excluding tert-OH is 5. The molecule has 0 bridgehead atoms. The number of H-pyrrole nitrogens is 1. The van der Waals surface area contributed by atoms with Crippen LogP contribution in [0.25, 0.3) is 0 Å². The topological polar surface area (TPSA) is 184 Å². The lowest BCUT2D eigenvalue weighted by Crippen LogP contribution is -2.37. The van der Waals surface area contributed by atoms with Gasteiger partial charge < -0.3 is 51.4 Å². The van der Waals surface area contributed by atoms with Crippen LogP contribution in [-0.2, 0) is 12.8 Å². The lowest BCUT2D eigenvalue weighted by molar-refractivity contribution is -0.0104. The highest BCUT2D eigenvalue weighted by Gasteiger charge is 2.29. The molecule has 7 unspecified atom stereocenters. The van der Waals surface area contributed by atoms with Crippen molar-refractivity contribution < 1.29 is 35.4 Å². The van der Waals surface area contributed by atoms with Crippen molar-refractivity contribution in [1.29, 1.82) is 0 Å². The summed E-state index contributed by atoms with van der Waals surface area (Å²) in [5, 5.41) is 65.9. The van der Waals surface area contributed by atoms with Gasteiger partial charge >= 0.3 is 0 Å². The molecular formula is C36H51N3O7. The molecule has 0 saturated heterocycles. The summed E-state index contributed by atoms with van der Waals surface area (Å²) < 4.78 is 6.23. The fourth-order valence-corrected chi connectivity index (χ4v) is 6.39. The SMILES string of the molecule is NC1=CC(C(Cc2ccc[nH]2)CC(Oc2cc(CCC(O)C3CC#CC(CCO)CCCCC3O)ccc2O)C(O)CO)=CCN1. The minimum atomic E-state index is -1.20. The highest BCUT2D eigenvalue weighted by molar-refractivity contribution is 5.42. The number of aryl methyl sites for hydroxylation is 1. The van der Waals surface area contributed by atoms with E-state index in [1.54, 1.807) is 12.1 Å². The van der Waals surface area contributed by atoms with E-state index < -0.39 is 31.0 Å². The number of aromatic nitrogens is 1. The number of hydrogen-bond acceptors (Lipinski definition) is 9. The van der Waals surface area contributed by atoms with E-state index in [1.165, 1.54) is 6.07 Å². The van der Waals surface area contributed by atoms with Crippen molar-refractivity contribution in [3.05, 3.63) is 71.3 Å². The van der Waals surface area contributed by atoms with Gasteiger partial charge in [-0.15, -0.1) is 5.92 Å². The van der Waals surface area contributed by atoms with Gasteiger partial charge in [-0.25, -0.2) is 0 Å². The fraction of sp³-hybridized carbons (Fsp3) is 0.556. The van der Waals surface area contributed by atoms with E-state index in [0.29, 0.717) is 57.3 Å². The summed E-state index contributed by atoms with van der Waals surface area (Å²) in [5.41, 5.74) is 8.88. The van der Waals surface area contributed by atoms with Gasteiger partial charge in [-0.05, 0) is 92.3 Å². The third-order valence-electron chi connectivity index (χ3n) is 9.14. The van der Waals surface area contributed by atoms with Gasteiger partial charge in [-0.1, -0.05) is 30.9 Å². The van der Waals surface area contributed by atoms with Crippen LogP contribution in [0.15, 0.2) is 60.1 Å². The maximum absolute atomic E-state index is 11.1. The zero-order valence-electron chi connectivity index (χ0n) is 26.5. The summed E-state index contributed by atoms with van der Waals surface area (Å²) in [6.07, 6.45) is 8.41. The highest BCUT2D eigenvalue weighted by atomic mass is 16.5. The van der Waals surface area contributed by atoms with Gasteiger partial charge in [0.2, 0.25) is 0 Å². The predicted octanol–water partition coefficient (Wildman–Crippen LogP) is 2.64. The Hall–Kier alpha value is -3.46. The summed E-state index contributed by atoms with van der Waals surface area (Å²) >= 11 is 0. The van der Waals surface area contributed by atoms with Crippen LogP contribution in [0.4, 0.5) is 0 Å². The maximum Gasteiger partial charge on any atom is 0.161 e. The first-order valence-electron chi connectivity index (χ1n) is 16.5. The van der Waals surface area contributed by atoms with Crippen LogP contribution in [0, 0.1) is 29.6 Å². The molecule has 1 aromatic heterocycles. The Bertz CT molecular complexity index is 1330. The predicted molar refractivity (Wildman–Crippen MR) is 176 cm³/mol. The van der Waals surface area contributed by atoms with Crippen LogP contribution < -0.4 is 15.8 Å². The van der Waals surface area contributed by atoms with Gasteiger partial charge in [0.1, 0.15) is 12.2 Å². The number of nitrogens with two attached hydrogens (primary N) is 1. The monoisotopic (exact) mass is 637 g/mol. The number of rotatable bonds is 15. The Morgan fingerprint density at radius 2 is 1.93 bits per heavy atom. The van der Waals surface area contributed by atoms with Crippen molar-refractivity contribution in [2.75, 3.05) is 19.8 Å². The molecule has 2 heterocycles. The Balaban J connectivity index is 1.46. The number of phenolic OH excluding ortho intramolecular Hbond substituents is 1. The van der Waals surface area contributed by atoms with E-state index in [9.17, 15) is 30.6 Å². The standard InChI is InChI=1S/C36H51N3O7/c37-36-22-26(14-17-39-36)27(20-28-7-4-16-38-28)21-35(33(45)23-41)46-34-19-25(11-13-32(34)44)10-12-31(43)29-8-3-6-24(15-18-40)5-1-2-9-30(29)42/h4,7,11,13-14,16,19,22,24,27,29-31,33,35,38-45H,1-2,5,8-10,12,15,17-18,20-21,23,37H2. The van der Waals surface area contributed by atoms with Crippen LogP contribution in [0.1, 0.15) is 62.6 Å². The van der Waals surface area contributed by atoms with Gasteiger partial charge in [-0.2, -0.15) is 0 Å². The van der Waals surface area contributed by atoms with E-state index in [0.717, 1.165) is 36.1 Å². The minimum Gasteiger partial charge on any atom is -0.504 e. The summed E-state index contributed by atoms with van der Waals surface area (Å²) in [7, 11) is 0. The second-order valence-electron chi connectivity index (χ2n) is 12.6. The van der Waals surface area contributed by atoms with Crippen LogP contribution in [0.2, 0.25) is 0 Å². The Kier molecular flexibility index (Phi) is 13.9. The number of dihydropyridines is 1. The Morgan fingerprint density at radius 3 is 2.67 bits per heavy atom. The molecule has 1 aliphatic carbocycles. The molecule has 2 aromatic rings. The number of phenols is 1. The van der Waals surface area contributed by atoms with Crippen molar-refractivity contribution in [1.82, 2.24) is 10.3 Å². The van der Waals surface area contributed by atoms with Crippen molar-refractivity contribution >= 4 is 0 Å². The third-order valence-corrected chi connectivity index (χ3v) is 9.14. The molecule has 10 nitrogen and oxygen atoms in total. The number of ether oxygens (including phenoxy) is 1. The molecule has 0 amide bonds. The molecule has 0 fully saturated rings. The molecular weight excluding hydrogens is 586 g/mol. The van der Waals surface area contributed by atoms with Gasteiger partial charge in [-0.3, -0.25) is 0 Å². The van der Waals surface area contributed by atoms with E-state index >= 15 is 0 Å². The average molecular weight is 638 g/mol. The number of aromatic hydroxyl groups is 1. The van der Waals surface area contributed by atoms with Crippen molar-refractivity contribution in [2.24, 2.45) is 23.5 Å². The molecule has 1 aromatic carbocycles. The number of aliphatic hydroxyl groups is 5. The molecule has 4 rings (SSSR count). The highest BCUT2D eigenvalue weighted by Crippen LogP contribution is 2.33. The normalized spacial score (nSPS) is 23.0. The molecule has 0 saturated carbocycles. The van der Waals surface area contributed by atoms with Crippen LogP contribution >= 0.6 is 0 Å². The van der Waals surface area contributed by atoms with Crippen LogP contribution in [0.3, 0.4) is 0 Å². The first-order valence-corrected chi connectivity index (χ1v) is 16.5. The molecule has 0 spiro atoms. The smallest absolute Gasteiger partial charge is 0.161 e. The zero-order chi connectivity index (χ0) is 32.9. The zero-order valence-corrected chi connectivity index (χ0v) is 26.5. The van der Waals surface area contributed by atoms with Crippen molar-refractivity contribution in [3.63, 3.8) is 0 Å². The third kappa shape index (κ3) is 10.5. The second-order valence-corrected chi connectivity index (χ2v) is 12.6. The molecule has 1 aliphatic heterocycles. The molecule has 46 heavy (non-hydrogen) atoms. The van der Waals surface area contributed by atoms with Gasteiger partial charge in [0, 0.05) is 43.3 Å². The fourth-order valence-electron chi connectivity index (χ4n) is 6.39. The van der Waals surface area contributed by atoms with Gasteiger partial charge in [0.25, 0.3) is 0 Å². The second kappa shape index (κ2) is 18.0. The number of benzene rings is 1. The van der Waals surface area contributed by atoms with Crippen LogP contribution in [-0.4, -0.2) is 79.8 Å². The summed E-state index contributed by atoms with van der Waals surface area (Å²) in [5.74, 6) is 6.67.